The Morgan fingerprint density at radius 1 is 0.861 bits per heavy atom. The van der Waals surface area contributed by atoms with Crippen molar-refractivity contribution in [1.29, 1.82) is 0 Å². The fraction of sp³-hybridized carbons (Fsp3) is 0.393. The molecule has 0 radical (unpaired) electrons. The van der Waals surface area contributed by atoms with E-state index >= 15 is 0 Å². The van der Waals surface area contributed by atoms with Gasteiger partial charge in [-0.1, -0.05) is 18.2 Å². The monoisotopic (exact) mass is 493 g/mol. The maximum Gasteiger partial charge on any atom is 0.328 e. The molecule has 1 atom stereocenters. The lowest BCUT2D eigenvalue weighted by molar-refractivity contribution is -0.134. The zero-order valence-electron chi connectivity index (χ0n) is 20.9. The smallest absolute Gasteiger partial charge is 0.328 e. The van der Waals surface area contributed by atoms with Crippen LogP contribution >= 0.6 is 0 Å². The van der Waals surface area contributed by atoms with E-state index < -0.39 is 11.9 Å². The normalized spacial score (nSPS) is 20.3. The highest BCUT2D eigenvalue weighted by atomic mass is 16.4. The Bertz CT molecular complexity index is 1030. The lowest BCUT2D eigenvalue weighted by atomic mass is 9.82. The van der Waals surface area contributed by atoms with Gasteiger partial charge in [0.25, 0.3) is 5.91 Å². The van der Waals surface area contributed by atoms with Crippen molar-refractivity contribution < 1.29 is 24.6 Å². The number of amides is 1. The zero-order chi connectivity index (χ0) is 26.1. The number of piperidine rings is 3. The second-order valence-electron chi connectivity index (χ2n) is 8.95. The third-order valence-corrected chi connectivity index (χ3v) is 6.80. The quantitative estimate of drug-likeness (QED) is 0.534. The molecule has 8 heteroatoms. The van der Waals surface area contributed by atoms with Gasteiger partial charge in [0.15, 0.2) is 0 Å². The number of hydrogen-bond donors (Lipinski definition) is 2. The van der Waals surface area contributed by atoms with E-state index in [1.807, 2.05) is 30.9 Å². The number of carboxylic acids is 2. The van der Waals surface area contributed by atoms with Crippen molar-refractivity contribution >= 4 is 29.2 Å². The maximum absolute atomic E-state index is 12.7. The van der Waals surface area contributed by atoms with Gasteiger partial charge < -0.3 is 24.9 Å². The summed E-state index contributed by atoms with van der Waals surface area (Å²) >= 11 is 0. The Balaban J connectivity index is 0.000000392. The third-order valence-electron chi connectivity index (χ3n) is 6.80. The van der Waals surface area contributed by atoms with Crippen LogP contribution in [0.2, 0.25) is 0 Å². The fourth-order valence-corrected chi connectivity index (χ4v) is 4.95. The summed E-state index contributed by atoms with van der Waals surface area (Å²) in [5.41, 5.74) is 3.19. The van der Waals surface area contributed by atoms with E-state index in [-0.39, 0.29) is 5.91 Å². The third kappa shape index (κ3) is 6.95. The molecule has 192 valence electrons. The molecule has 0 aliphatic carbocycles. The number of para-hydroxylation sites is 1. The van der Waals surface area contributed by atoms with Gasteiger partial charge in [-0.3, -0.25) is 4.79 Å². The lowest BCUT2D eigenvalue weighted by Gasteiger charge is -2.49. The summed E-state index contributed by atoms with van der Waals surface area (Å²) < 4.78 is 0. The van der Waals surface area contributed by atoms with Crippen LogP contribution in [0, 0.1) is 5.92 Å². The van der Waals surface area contributed by atoms with Gasteiger partial charge in [-0.05, 0) is 82.1 Å². The summed E-state index contributed by atoms with van der Waals surface area (Å²) in [6, 6.07) is 19.4. The maximum atomic E-state index is 12.7. The van der Waals surface area contributed by atoms with Gasteiger partial charge in [-0.25, -0.2) is 9.59 Å². The number of rotatable bonds is 8. The van der Waals surface area contributed by atoms with Crippen molar-refractivity contribution in [2.45, 2.75) is 32.7 Å². The number of benzene rings is 2. The molecule has 8 nitrogen and oxygen atoms in total. The summed E-state index contributed by atoms with van der Waals surface area (Å²) in [6.07, 6.45) is 3.68. The van der Waals surface area contributed by atoms with Gasteiger partial charge in [0.1, 0.15) is 0 Å². The summed E-state index contributed by atoms with van der Waals surface area (Å²) in [5.74, 6) is -1.66. The molecule has 3 fully saturated rings. The van der Waals surface area contributed by atoms with Gasteiger partial charge in [0, 0.05) is 54.8 Å². The van der Waals surface area contributed by atoms with Crippen molar-refractivity contribution in [2.75, 3.05) is 37.6 Å². The minimum Gasteiger partial charge on any atom is -0.478 e. The van der Waals surface area contributed by atoms with E-state index in [0.717, 1.165) is 31.1 Å². The number of fused-ring (bicyclic) bond motifs is 3. The van der Waals surface area contributed by atoms with Crippen LogP contribution in [0.5, 0.6) is 0 Å². The number of anilines is 2. The van der Waals surface area contributed by atoms with Crippen LogP contribution in [0.4, 0.5) is 11.4 Å². The van der Waals surface area contributed by atoms with Crippen molar-refractivity contribution in [2.24, 2.45) is 5.92 Å². The molecule has 3 heterocycles. The van der Waals surface area contributed by atoms with Gasteiger partial charge in [-0.2, -0.15) is 0 Å². The second kappa shape index (κ2) is 12.9. The van der Waals surface area contributed by atoms with E-state index in [0.29, 0.717) is 18.2 Å². The first-order valence-corrected chi connectivity index (χ1v) is 12.4. The molecule has 3 aliphatic rings. The summed E-state index contributed by atoms with van der Waals surface area (Å²) in [6.45, 7) is 9.14. The molecule has 0 aromatic heterocycles. The number of carbonyl (C=O) groups is 3. The Morgan fingerprint density at radius 3 is 1.83 bits per heavy atom. The topological polar surface area (TPSA) is 101 Å². The fourth-order valence-electron chi connectivity index (χ4n) is 4.95. The molecule has 1 amide bonds. The van der Waals surface area contributed by atoms with E-state index in [2.05, 4.69) is 52.3 Å². The lowest BCUT2D eigenvalue weighted by Crippen LogP contribution is -2.56. The molecule has 2 N–H and O–H groups in total. The molecule has 2 aromatic carbocycles. The SMILES string of the molecule is CCN(CC)C(=O)c1ccc(N(c2ccccc2)C2CN3CCC2CC3)cc1.O=C(O)/C=C/C(=O)O. The number of aliphatic carboxylic acids is 2. The number of carboxylic acid groups (broad SMARTS) is 2. The van der Waals surface area contributed by atoms with Crippen LogP contribution in [0.1, 0.15) is 37.0 Å². The highest BCUT2D eigenvalue weighted by molar-refractivity contribution is 5.94. The average Bonchev–Trinajstić information content (AvgIpc) is 2.90. The first kappa shape index (κ1) is 26.9. The zero-order valence-corrected chi connectivity index (χ0v) is 20.9. The molecular formula is C28H35N3O5. The van der Waals surface area contributed by atoms with Crippen LogP contribution in [-0.2, 0) is 9.59 Å². The molecule has 36 heavy (non-hydrogen) atoms. The van der Waals surface area contributed by atoms with Gasteiger partial charge in [0.05, 0.1) is 0 Å². The molecule has 0 saturated carbocycles. The van der Waals surface area contributed by atoms with E-state index in [4.69, 9.17) is 10.2 Å². The minimum atomic E-state index is -1.26. The Labute approximate surface area is 212 Å². The van der Waals surface area contributed by atoms with E-state index in [1.54, 1.807) is 0 Å². The summed E-state index contributed by atoms with van der Waals surface area (Å²) in [7, 11) is 0. The van der Waals surface area contributed by atoms with Crippen LogP contribution in [0.25, 0.3) is 0 Å². The van der Waals surface area contributed by atoms with Crippen molar-refractivity contribution in [3.8, 4) is 0 Å². The van der Waals surface area contributed by atoms with Crippen molar-refractivity contribution in [1.82, 2.24) is 9.80 Å². The minimum absolute atomic E-state index is 0.116. The predicted octanol–water partition coefficient (Wildman–Crippen LogP) is 4.11. The van der Waals surface area contributed by atoms with Crippen LogP contribution in [0.15, 0.2) is 66.7 Å². The molecule has 1 unspecified atom stereocenters. The first-order valence-electron chi connectivity index (χ1n) is 12.4. The van der Waals surface area contributed by atoms with Crippen LogP contribution in [-0.4, -0.2) is 76.6 Å². The second-order valence-corrected chi connectivity index (χ2v) is 8.95. The molecule has 3 saturated heterocycles. The van der Waals surface area contributed by atoms with Crippen LogP contribution < -0.4 is 4.90 Å². The van der Waals surface area contributed by atoms with E-state index in [1.165, 1.54) is 37.3 Å². The van der Waals surface area contributed by atoms with Crippen molar-refractivity contribution in [3.05, 3.63) is 72.3 Å². The molecule has 2 bridgehead atoms. The molecule has 3 aliphatic heterocycles. The highest BCUT2D eigenvalue weighted by Crippen LogP contribution is 2.38. The standard InChI is InChI=1S/C24H31N3O.C4H4O4/c1-3-26(4-2)24(28)20-10-12-22(13-11-20)27(21-8-6-5-7-9-21)23-18-25-16-14-19(23)15-17-25;5-3(6)1-2-4(7)8/h5-13,19,23H,3-4,14-18H2,1-2H3;1-2H,(H,5,6)(H,7,8)/b;2-1+. The predicted molar refractivity (Wildman–Crippen MR) is 140 cm³/mol. The number of hydrogen-bond acceptors (Lipinski definition) is 5. The molecule has 5 rings (SSSR count). The van der Waals surface area contributed by atoms with Gasteiger partial charge in [0.2, 0.25) is 0 Å². The summed E-state index contributed by atoms with van der Waals surface area (Å²) in [4.78, 5) is 38.7. The van der Waals surface area contributed by atoms with E-state index in [9.17, 15) is 14.4 Å². The largest absolute Gasteiger partial charge is 0.478 e. The van der Waals surface area contributed by atoms with Crippen LogP contribution in [0.3, 0.4) is 0 Å². The average molecular weight is 494 g/mol. The van der Waals surface area contributed by atoms with Gasteiger partial charge >= 0.3 is 11.9 Å². The first-order chi connectivity index (χ1) is 17.3. The molecule has 2 aromatic rings. The number of carbonyl (C=O) groups excluding carboxylic acids is 1. The summed E-state index contributed by atoms with van der Waals surface area (Å²) in [5, 5.41) is 15.6. The Hall–Kier alpha value is -3.65. The van der Waals surface area contributed by atoms with Gasteiger partial charge in [-0.15, -0.1) is 0 Å². The molecule has 0 spiro atoms. The number of nitrogens with zero attached hydrogens (tertiary/aromatic N) is 3. The Kier molecular flexibility index (Phi) is 9.64. The highest BCUT2D eigenvalue weighted by Gasteiger charge is 2.38. The Morgan fingerprint density at radius 2 is 1.39 bits per heavy atom. The van der Waals surface area contributed by atoms with Crippen molar-refractivity contribution in [3.63, 3.8) is 0 Å². The molecular weight excluding hydrogens is 458 g/mol.